The number of hydrogen-bond donors (Lipinski definition) is 2. The molecule has 1 saturated carbocycles. The Morgan fingerprint density at radius 1 is 1.41 bits per heavy atom. The van der Waals surface area contributed by atoms with E-state index in [1.54, 1.807) is 19.0 Å². The van der Waals surface area contributed by atoms with E-state index in [0.29, 0.717) is 16.9 Å². The van der Waals surface area contributed by atoms with E-state index in [4.69, 9.17) is 15.0 Å². The third-order valence-corrected chi connectivity index (χ3v) is 4.55. The summed E-state index contributed by atoms with van der Waals surface area (Å²) >= 11 is 0. The average Bonchev–Trinajstić information content (AvgIpc) is 3.21. The largest absolute Gasteiger partial charge is 0.494 e. The van der Waals surface area contributed by atoms with Crippen LogP contribution in [0.25, 0.3) is 11.3 Å². The van der Waals surface area contributed by atoms with E-state index in [9.17, 15) is 9.18 Å². The molecule has 0 unspecified atom stereocenters. The maximum atomic E-state index is 13.7. The molecule has 9 heteroatoms. The Labute approximate surface area is 163 Å². The number of benzene rings is 1. The first kappa shape index (κ1) is 21.0. The summed E-state index contributed by atoms with van der Waals surface area (Å²) in [6.07, 6.45) is 2.47. The number of ether oxygens (including phenoxy) is 1. The maximum absolute atomic E-state index is 13.7. The highest BCUT2D eigenvalue weighted by Crippen LogP contribution is 2.33. The Morgan fingerprint density at radius 2 is 2.15 bits per heavy atom. The molecule has 1 heterocycles. The van der Waals surface area contributed by atoms with Crippen LogP contribution < -0.4 is 20.7 Å². The van der Waals surface area contributed by atoms with Crippen molar-refractivity contribution in [3.8, 4) is 17.1 Å². The van der Waals surface area contributed by atoms with Crippen molar-refractivity contribution in [2.45, 2.75) is 31.3 Å². The fourth-order valence-corrected chi connectivity index (χ4v) is 3.19. The fourth-order valence-electron chi connectivity index (χ4n) is 3.19. The molecule has 0 saturated heterocycles. The highest BCUT2D eigenvalue weighted by atomic mass is 35.5. The van der Waals surface area contributed by atoms with Crippen LogP contribution in [0, 0.1) is 5.82 Å². The minimum Gasteiger partial charge on any atom is -0.494 e. The second kappa shape index (κ2) is 8.58. The summed E-state index contributed by atoms with van der Waals surface area (Å²) in [6.45, 7) is 0. The second-order valence-corrected chi connectivity index (χ2v) is 6.70. The number of nitrogens with two attached hydrogens (primary N) is 1. The molecular formula is C18H24ClFN4O3. The molecule has 1 aromatic carbocycles. The van der Waals surface area contributed by atoms with Crippen LogP contribution >= 0.6 is 12.4 Å². The molecule has 1 amide bonds. The van der Waals surface area contributed by atoms with Crippen LogP contribution in [0.2, 0.25) is 0 Å². The molecule has 0 radical (unpaired) electrons. The predicted molar refractivity (Wildman–Crippen MR) is 103 cm³/mol. The number of anilines is 1. The van der Waals surface area contributed by atoms with Gasteiger partial charge < -0.3 is 25.2 Å². The van der Waals surface area contributed by atoms with Gasteiger partial charge in [-0.05, 0) is 37.5 Å². The third-order valence-electron chi connectivity index (χ3n) is 4.55. The van der Waals surface area contributed by atoms with Gasteiger partial charge in [0.15, 0.2) is 23.1 Å². The number of rotatable bonds is 5. The molecule has 148 valence electrons. The van der Waals surface area contributed by atoms with Crippen molar-refractivity contribution in [1.29, 1.82) is 0 Å². The highest BCUT2D eigenvalue weighted by Gasteiger charge is 2.29. The summed E-state index contributed by atoms with van der Waals surface area (Å²) in [7, 11) is 4.93. The lowest BCUT2D eigenvalue weighted by atomic mass is 10.1. The van der Waals surface area contributed by atoms with Gasteiger partial charge >= 0.3 is 0 Å². The highest BCUT2D eigenvalue weighted by molar-refractivity contribution is 6.04. The average molecular weight is 399 g/mol. The van der Waals surface area contributed by atoms with E-state index in [1.807, 2.05) is 0 Å². The Kier molecular flexibility index (Phi) is 6.67. The standard InChI is InChI=1S/C18H23FN4O3.ClH/c1-23(2)17-15(18(24)21-12-6-5-11(20)9-12)16(26-22-17)10-4-7-13(19)14(8-10)25-3;/h4,7-8,11-12H,5-6,9,20H2,1-3H3,(H,21,24);1H/t11-,12-;/m1./s1. The van der Waals surface area contributed by atoms with Gasteiger partial charge in [-0.1, -0.05) is 5.16 Å². The van der Waals surface area contributed by atoms with Crippen molar-refractivity contribution in [2.24, 2.45) is 5.73 Å². The zero-order valence-corrected chi connectivity index (χ0v) is 16.3. The van der Waals surface area contributed by atoms with Gasteiger partial charge in [0.1, 0.15) is 5.56 Å². The van der Waals surface area contributed by atoms with E-state index in [1.165, 1.54) is 25.3 Å². The van der Waals surface area contributed by atoms with Crippen LogP contribution in [0.15, 0.2) is 22.7 Å². The molecule has 1 aromatic heterocycles. The summed E-state index contributed by atoms with van der Waals surface area (Å²) in [5.41, 5.74) is 6.75. The lowest BCUT2D eigenvalue weighted by molar-refractivity contribution is 0.0938. The number of methoxy groups -OCH3 is 1. The molecule has 1 aliphatic carbocycles. The molecule has 3 N–H and O–H groups in total. The summed E-state index contributed by atoms with van der Waals surface area (Å²) in [6, 6.07) is 4.41. The van der Waals surface area contributed by atoms with Gasteiger partial charge in [-0.25, -0.2) is 4.39 Å². The molecule has 1 fully saturated rings. The van der Waals surface area contributed by atoms with Crippen molar-refractivity contribution in [2.75, 3.05) is 26.1 Å². The summed E-state index contributed by atoms with van der Waals surface area (Å²) < 4.78 is 24.2. The normalized spacial score (nSPS) is 18.7. The predicted octanol–water partition coefficient (Wildman–Crippen LogP) is 2.59. The molecule has 7 nitrogen and oxygen atoms in total. The van der Waals surface area contributed by atoms with Crippen LogP contribution in [0.5, 0.6) is 5.75 Å². The Morgan fingerprint density at radius 3 is 2.74 bits per heavy atom. The molecule has 1 aliphatic rings. The topological polar surface area (TPSA) is 93.6 Å². The smallest absolute Gasteiger partial charge is 0.259 e. The van der Waals surface area contributed by atoms with Gasteiger partial charge in [0.25, 0.3) is 5.91 Å². The summed E-state index contributed by atoms with van der Waals surface area (Å²) in [4.78, 5) is 14.6. The zero-order valence-electron chi connectivity index (χ0n) is 15.5. The zero-order chi connectivity index (χ0) is 18.8. The van der Waals surface area contributed by atoms with Crippen molar-refractivity contribution >= 4 is 24.1 Å². The third kappa shape index (κ3) is 4.33. The second-order valence-electron chi connectivity index (χ2n) is 6.70. The van der Waals surface area contributed by atoms with Crippen LogP contribution in [0.1, 0.15) is 29.6 Å². The van der Waals surface area contributed by atoms with E-state index in [0.717, 1.165) is 19.3 Å². The first-order valence-corrected chi connectivity index (χ1v) is 8.48. The van der Waals surface area contributed by atoms with Gasteiger partial charge in [0.05, 0.1) is 7.11 Å². The Hall–Kier alpha value is -2.32. The fraction of sp³-hybridized carbons (Fsp3) is 0.444. The molecule has 0 aliphatic heterocycles. The molecule has 0 bridgehead atoms. The number of carbonyl (C=O) groups is 1. The van der Waals surface area contributed by atoms with Crippen LogP contribution in [-0.2, 0) is 0 Å². The van der Waals surface area contributed by atoms with Crippen molar-refractivity contribution in [3.05, 3.63) is 29.6 Å². The number of hydrogen-bond acceptors (Lipinski definition) is 6. The summed E-state index contributed by atoms with van der Waals surface area (Å²) in [5.74, 6) is -0.0322. The molecule has 3 rings (SSSR count). The maximum Gasteiger partial charge on any atom is 0.259 e. The molecule has 2 aromatic rings. The van der Waals surface area contributed by atoms with Gasteiger partial charge in [-0.2, -0.15) is 0 Å². The van der Waals surface area contributed by atoms with E-state index < -0.39 is 5.82 Å². The number of halogens is 2. The van der Waals surface area contributed by atoms with E-state index in [2.05, 4.69) is 10.5 Å². The SMILES string of the molecule is COc1cc(-c2onc(N(C)C)c2C(=O)N[C@@H]2CC[C@@H](N)C2)ccc1F.Cl. The number of amides is 1. The number of nitrogens with one attached hydrogen (secondary N) is 1. The van der Waals surface area contributed by atoms with Crippen molar-refractivity contribution in [3.63, 3.8) is 0 Å². The van der Waals surface area contributed by atoms with Gasteiger partial charge in [-0.15, -0.1) is 12.4 Å². The molecule has 2 atom stereocenters. The molecule has 0 spiro atoms. The van der Waals surface area contributed by atoms with E-state index >= 15 is 0 Å². The van der Waals surface area contributed by atoms with Gasteiger partial charge in [-0.3, -0.25) is 4.79 Å². The lowest BCUT2D eigenvalue weighted by Crippen LogP contribution is -2.34. The van der Waals surface area contributed by atoms with Gasteiger partial charge in [0.2, 0.25) is 0 Å². The first-order valence-electron chi connectivity index (χ1n) is 8.48. The van der Waals surface area contributed by atoms with Crippen LogP contribution in [-0.4, -0.2) is 44.4 Å². The Balaban J connectivity index is 0.00000261. The number of carbonyl (C=O) groups excluding carboxylic acids is 1. The number of nitrogens with zero attached hydrogens (tertiary/aromatic N) is 2. The van der Waals surface area contributed by atoms with Crippen molar-refractivity contribution in [1.82, 2.24) is 10.5 Å². The van der Waals surface area contributed by atoms with Crippen molar-refractivity contribution < 1.29 is 18.4 Å². The Bertz CT molecular complexity index is 812. The quantitative estimate of drug-likeness (QED) is 0.804. The molecule has 27 heavy (non-hydrogen) atoms. The van der Waals surface area contributed by atoms with Crippen LogP contribution in [0.3, 0.4) is 0 Å². The monoisotopic (exact) mass is 398 g/mol. The lowest BCUT2D eigenvalue weighted by Gasteiger charge is -2.15. The summed E-state index contributed by atoms with van der Waals surface area (Å²) in [5, 5.41) is 7.02. The minimum atomic E-state index is -0.491. The van der Waals surface area contributed by atoms with Crippen LogP contribution in [0.4, 0.5) is 10.2 Å². The van der Waals surface area contributed by atoms with Gasteiger partial charge in [0, 0.05) is 31.7 Å². The van der Waals surface area contributed by atoms with E-state index in [-0.39, 0.29) is 41.9 Å². The number of aromatic nitrogens is 1. The minimum absolute atomic E-state index is 0. The first-order chi connectivity index (χ1) is 12.4. The molecular weight excluding hydrogens is 375 g/mol.